The molecule has 0 saturated heterocycles. The van der Waals surface area contributed by atoms with Gasteiger partial charge in [0.25, 0.3) is 5.91 Å². The fourth-order valence-corrected chi connectivity index (χ4v) is 1.01. The summed E-state index contributed by atoms with van der Waals surface area (Å²) < 4.78 is 1.41. The van der Waals surface area contributed by atoms with Gasteiger partial charge in [-0.15, -0.1) is 0 Å². The summed E-state index contributed by atoms with van der Waals surface area (Å²) in [7, 11) is 1.63. The van der Waals surface area contributed by atoms with Crippen molar-refractivity contribution in [1.29, 1.82) is 0 Å². The number of amides is 3. The molecule has 1 rings (SSSR count). The number of carbonyl (C=O) groups is 2. The number of hydrogen-bond acceptors (Lipinski definition) is 3. The summed E-state index contributed by atoms with van der Waals surface area (Å²) in [5.41, 5.74) is 9.94. The molecular weight excluding hydrogens is 186 g/mol. The Morgan fingerprint density at radius 2 is 2.14 bits per heavy atom. The monoisotopic (exact) mass is 197 g/mol. The molecule has 3 amide bonds. The number of rotatable bonds is 1. The molecule has 1 aromatic rings. The van der Waals surface area contributed by atoms with E-state index in [1.54, 1.807) is 20.0 Å². The fraction of sp³-hybridized carbons (Fsp3) is 0.286. The third-order valence-electron chi connectivity index (χ3n) is 1.53. The van der Waals surface area contributed by atoms with Crippen LogP contribution in [0.5, 0.6) is 0 Å². The average Bonchev–Trinajstić information content (AvgIpc) is 2.41. The number of aryl methyl sites for hydroxylation is 2. The first kappa shape index (κ1) is 10.0. The molecule has 0 atom stereocenters. The van der Waals surface area contributed by atoms with Crippen LogP contribution in [0.15, 0.2) is 6.07 Å². The Labute approximate surface area is 80.2 Å². The van der Waals surface area contributed by atoms with Crippen LogP contribution in [0.2, 0.25) is 0 Å². The Hall–Kier alpha value is -2.05. The van der Waals surface area contributed by atoms with Gasteiger partial charge in [-0.05, 0) is 13.0 Å². The standard InChI is InChI=1S/C7H11N5O2/c1-4-3-5(12(2)11-4)6(13)9-10-7(8)14/h3H,1-2H3,(H,9,13)(H3,8,10,14). The van der Waals surface area contributed by atoms with Gasteiger partial charge < -0.3 is 5.73 Å². The van der Waals surface area contributed by atoms with Crippen LogP contribution in [0, 0.1) is 6.92 Å². The van der Waals surface area contributed by atoms with Crippen LogP contribution in [0.1, 0.15) is 16.2 Å². The quantitative estimate of drug-likeness (QED) is 0.505. The average molecular weight is 197 g/mol. The number of primary amides is 1. The Balaban J connectivity index is 2.69. The molecule has 0 aliphatic rings. The van der Waals surface area contributed by atoms with Gasteiger partial charge in [-0.2, -0.15) is 5.10 Å². The van der Waals surface area contributed by atoms with Crippen molar-refractivity contribution in [3.8, 4) is 0 Å². The van der Waals surface area contributed by atoms with Gasteiger partial charge in [-0.25, -0.2) is 10.2 Å². The van der Waals surface area contributed by atoms with Crippen molar-refractivity contribution in [2.24, 2.45) is 12.8 Å². The summed E-state index contributed by atoms with van der Waals surface area (Å²) in [5.74, 6) is -0.466. The van der Waals surface area contributed by atoms with Crippen molar-refractivity contribution in [3.63, 3.8) is 0 Å². The number of nitrogens with two attached hydrogens (primary N) is 1. The van der Waals surface area contributed by atoms with Gasteiger partial charge >= 0.3 is 6.03 Å². The fourth-order valence-electron chi connectivity index (χ4n) is 1.01. The summed E-state index contributed by atoms with van der Waals surface area (Å²) in [6, 6.07) is 0.773. The summed E-state index contributed by atoms with van der Waals surface area (Å²) in [5, 5.41) is 3.97. The van der Waals surface area contributed by atoms with E-state index < -0.39 is 11.9 Å². The van der Waals surface area contributed by atoms with Gasteiger partial charge in [0.2, 0.25) is 0 Å². The summed E-state index contributed by atoms with van der Waals surface area (Å²) in [6.45, 7) is 1.76. The van der Waals surface area contributed by atoms with Crippen LogP contribution >= 0.6 is 0 Å². The van der Waals surface area contributed by atoms with Gasteiger partial charge in [-0.3, -0.25) is 14.9 Å². The molecular formula is C7H11N5O2. The molecule has 0 aliphatic heterocycles. The number of aromatic nitrogens is 2. The van der Waals surface area contributed by atoms with Crippen LogP contribution in [-0.2, 0) is 7.05 Å². The second-order valence-corrected chi connectivity index (χ2v) is 2.74. The summed E-state index contributed by atoms with van der Waals surface area (Å²) >= 11 is 0. The van der Waals surface area contributed by atoms with E-state index in [9.17, 15) is 9.59 Å². The maximum atomic E-state index is 11.3. The number of nitrogens with one attached hydrogen (secondary N) is 2. The van der Waals surface area contributed by atoms with Gasteiger partial charge in [0.05, 0.1) is 5.69 Å². The van der Waals surface area contributed by atoms with E-state index in [2.05, 4.69) is 10.5 Å². The van der Waals surface area contributed by atoms with Crippen molar-refractivity contribution < 1.29 is 9.59 Å². The van der Waals surface area contributed by atoms with Gasteiger partial charge in [0, 0.05) is 7.05 Å². The predicted octanol–water partition coefficient (Wildman–Crippen LogP) is -0.958. The van der Waals surface area contributed by atoms with Crippen LogP contribution in [0.25, 0.3) is 0 Å². The summed E-state index contributed by atoms with van der Waals surface area (Å²) in [6.07, 6.45) is 0. The largest absolute Gasteiger partial charge is 0.350 e. The molecule has 0 radical (unpaired) electrons. The Morgan fingerprint density at radius 1 is 1.50 bits per heavy atom. The van der Waals surface area contributed by atoms with E-state index in [4.69, 9.17) is 5.73 Å². The zero-order valence-corrected chi connectivity index (χ0v) is 7.87. The van der Waals surface area contributed by atoms with E-state index in [1.807, 2.05) is 5.43 Å². The van der Waals surface area contributed by atoms with Gasteiger partial charge in [0.1, 0.15) is 5.69 Å². The normalized spacial score (nSPS) is 9.57. The van der Waals surface area contributed by atoms with E-state index in [0.29, 0.717) is 5.69 Å². The third-order valence-corrected chi connectivity index (χ3v) is 1.53. The van der Waals surface area contributed by atoms with E-state index in [1.165, 1.54) is 4.68 Å². The van der Waals surface area contributed by atoms with E-state index in [0.717, 1.165) is 5.69 Å². The molecule has 7 heteroatoms. The van der Waals surface area contributed by atoms with Crippen molar-refractivity contribution >= 4 is 11.9 Å². The van der Waals surface area contributed by atoms with E-state index >= 15 is 0 Å². The van der Waals surface area contributed by atoms with Gasteiger partial charge in [0.15, 0.2) is 0 Å². The smallest absolute Gasteiger partial charge is 0.330 e. The molecule has 7 nitrogen and oxygen atoms in total. The zero-order valence-electron chi connectivity index (χ0n) is 7.87. The maximum absolute atomic E-state index is 11.3. The number of nitrogens with zero attached hydrogens (tertiary/aromatic N) is 2. The molecule has 0 unspecified atom stereocenters. The minimum atomic E-state index is -0.822. The molecule has 0 saturated carbocycles. The second-order valence-electron chi connectivity index (χ2n) is 2.74. The number of hydrogen-bond donors (Lipinski definition) is 3. The van der Waals surface area contributed by atoms with Crippen LogP contribution in [0.4, 0.5) is 4.79 Å². The van der Waals surface area contributed by atoms with Crippen LogP contribution < -0.4 is 16.6 Å². The predicted molar refractivity (Wildman–Crippen MR) is 48.1 cm³/mol. The zero-order chi connectivity index (χ0) is 10.7. The molecule has 1 aromatic heterocycles. The lowest BCUT2D eigenvalue weighted by Gasteiger charge is -2.03. The van der Waals surface area contributed by atoms with Crippen LogP contribution in [0.3, 0.4) is 0 Å². The van der Waals surface area contributed by atoms with Crippen LogP contribution in [-0.4, -0.2) is 21.7 Å². The molecule has 0 aromatic carbocycles. The highest BCUT2D eigenvalue weighted by atomic mass is 16.2. The highest BCUT2D eigenvalue weighted by Gasteiger charge is 2.11. The Kier molecular flexibility index (Phi) is 2.70. The lowest BCUT2D eigenvalue weighted by atomic mass is 10.3. The van der Waals surface area contributed by atoms with Crippen molar-refractivity contribution in [2.75, 3.05) is 0 Å². The van der Waals surface area contributed by atoms with Gasteiger partial charge in [-0.1, -0.05) is 0 Å². The van der Waals surface area contributed by atoms with E-state index in [-0.39, 0.29) is 0 Å². The molecule has 0 spiro atoms. The minimum Gasteiger partial charge on any atom is -0.350 e. The topological polar surface area (TPSA) is 102 Å². The Bertz CT molecular complexity index is 370. The molecule has 0 fully saturated rings. The minimum absolute atomic E-state index is 0.344. The lowest BCUT2D eigenvalue weighted by Crippen LogP contribution is -2.45. The lowest BCUT2D eigenvalue weighted by molar-refractivity contribution is 0.0928. The first-order valence-electron chi connectivity index (χ1n) is 3.87. The molecule has 0 bridgehead atoms. The molecule has 76 valence electrons. The van der Waals surface area contributed by atoms with Crippen molar-refractivity contribution in [2.45, 2.75) is 6.92 Å². The Morgan fingerprint density at radius 3 is 2.57 bits per heavy atom. The molecule has 0 aliphatic carbocycles. The summed E-state index contributed by atoms with van der Waals surface area (Å²) in [4.78, 5) is 21.6. The SMILES string of the molecule is Cc1cc(C(=O)NNC(N)=O)n(C)n1. The molecule has 1 heterocycles. The number of carbonyl (C=O) groups excluding carboxylic acids is 2. The first-order valence-corrected chi connectivity index (χ1v) is 3.87. The maximum Gasteiger partial charge on any atom is 0.330 e. The highest BCUT2D eigenvalue weighted by Crippen LogP contribution is 2.00. The molecule has 14 heavy (non-hydrogen) atoms. The van der Waals surface area contributed by atoms with Crippen molar-refractivity contribution in [3.05, 3.63) is 17.5 Å². The first-order chi connectivity index (χ1) is 6.50. The third kappa shape index (κ3) is 2.22. The number of urea groups is 1. The molecule has 4 N–H and O–H groups in total. The second kappa shape index (κ2) is 3.77. The number of hydrazine groups is 1. The van der Waals surface area contributed by atoms with Crippen molar-refractivity contribution in [1.82, 2.24) is 20.6 Å². The highest BCUT2D eigenvalue weighted by molar-refractivity contribution is 5.93.